The number of ether oxygens (including phenoxy) is 2. The third-order valence-corrected chi connectivity index (χ3v) is 3.41. The highest BCUT2D eigenvalue weighted by Gasteiger charge is 2.07. The van der Waals surface area contributed by atoms with Gasteiger partial charge in [0.1, 0.15) is 17.2 Å². The summed E-state index contributed by atoms with van der Waals surface area (Å²) in [5.41, 5.74) is 1.14. The fraction of sp³-hybridized carbons (Fsp3) is 0.368. The molecular formula is C19H25NO2. The van der Waals surface area contributed by atoms with Crippen LogP contribution in [-0.4, -0.2) is 19.2 Å². The maximum absolute atomic E-state index is 5.96. The maximum Gasteiger partial charge on any atom is 0.131 e. The molecule has 0 bridgehead atoms. The van der Waals surface area contributed by atoms with Gasteiger partial charge in [-0.2, -0.15) is 0 Å². The lowest BCUT2D eigenvalue weighted by atomic mass is 10.2. The minimum atomic E-state index is 0.151. The first kappa shape index (κ1) is 16.2. The Morgan fingerprint density at radius 1 is 0.818 bits per heavy atom. The van der Waals surface area contributed by atoms with Crippen molar-refractivity contribution in [2.75, 3.05) is 11.9 Å². The van der Waals surface area contributed by atoms with Gasteiger partial charge in [0.2, 0.25) is 0 Å². The lowest BCUT2D eigenvalue weighted by molar-refractivity contribution is 0.241. The summed E-state index contributed by atoms with van der Waals surface area (Å²) in [5, 5.41) is 0. The zero-order valence-corrected chi connectivity index (χ0v) is 14.0. The molecule has 0 aromatic heterocycles. The molecule has 0 saturated heterocycles. The molecule has 3 heteroatoms. The zero-order valence-electron chi connectivity index (χ0n) is 14.0. The van der Waals surface area contributed by atoms with Crippen molar-refractivity contribution in [1.29, 1.82) is 0 Å². The van der Waals surface area contributed by atoms with Crippen molar-refractivity contribution in [2.45, 2.75) is 39.8 Å². The van der Waals surface area contributed by atoms with Crippen LogP contribution in [0.4, 0.5) is 5.69 Å². The molecule has 0 saturated carbocycles. The first-order chi connectivity index (χ1) is 10.5. The molecule has 22 heavy (non-hydrogen) atoms. The largest absolute Gasteiger partial charge is 0.491 e. The van der Waals surface area contributed by atoms with E-state index in [1.54, 1.807) is 0 Å². The highest BCUT2D eigenvalue weighted by molar-refractivity contribution is 5.51. The third kappa shape index (κ3) is 4.42. The Labute approximate surface area is 133 Å². The second kappa shape index (κ2) is 7.21. The molecular weight excluding hydrogens is 274 g/mol. The van der Waals surface area contributed by atoms with Crippen LogP contribution >= 0.6 is 0 Å². The third-order valence-electron chi connectivity index (χ3n) is 3.41. The van der Waals surface area contributed by atoms with E-state index < -0.39 is 0 Å². The number of hydrogen-bond donors (Lipinski definition) is 0. The molecule has 0 aliphatic heterocycles. The first-order valence-electron chi connectivity index (χ1n) is 7.73. The van der Waals surface area contributed by atoms with Crippen LogP contribution in [0.2, 0.25) is 0 Å². The standard InChI is InChI=1S/C19H25NO2/c1-14(2)20(5)16-8-6-9-17(12-16)22-19-11-7-10-18(13-19)21-15(3)4/h6-15H,1-5H3. The van der Waals surface area contributed by atoms with Gasteiger partial charge in [0.25, 0.3) is 0 Å². The lowest BCUT2D eigenvalue weighted by Gasteiger charge is -2.24. The normalized spacial score (nSPS) is 10.9. The van der Waals surface area contributed by atoms with E-state index >= 15 is 0 Å². The Morgan fingerprint density at radius 2 is 1.41 bits per heavy atom. The van der Waals surface area contributed by atoms with E-state index in [1.807, 2.05) is 50.2 Å². The molecule has 0 aliphatic rings. The summed E-state index contributed by atoms with van der Waals surface area (Å²) in [4.78, 5) is 2.21. The molecule has 2 aromatic rings. The average molecular weight is 299 g/mol. The molecule has 0 radical (unpaired) electrons. The smallest absolute Gasteiger partial charge is 0.131 e. The molecule has 2 aromatic carbocycles. The molecule has 118 valence electrons. The van der Waals surface area contributed by atoms with Gasteiger partial charge in [-0.15, -0.1) is 0 Å². The topological polar surface area (TPSA) is 21.7 Å². The summed E-state index contributed by atoms with van der Waals surface area (Å²) in [6.07, 6.45) is 0.151. The molecule has 0 heterocycles. The lowest BCUT2D eigenvalue weighted by Crippen LogP contribution is -2.25. The van der Waals surface area contributed by atoms with Gasteiger partial charge in [-0.3, -0.25) is 0 Å². The van der Waals surface area contributed by atoms with Crippen molar-refractivity contribution in [3.05, 3.63) is 48.5 Å². The molecule has 0 spiro atoms. The zero-order chi connectivity index (χ0) is 16.1. The highest BCUT2D eigenvalue weighted by atomic mass is 16.5. The van der Waals surface area contributed by atoms with Crippen LogP contribution in [0.1, 0.15) is 27.7 Å². The minimum absolute atomic E-state index is 0.151. The second-order valence-corrected chi connectivity index (χ2v) is 5.95. The molecule has 3 nitrogen and oxygen atoms in total. The van der Waals surface area contributed by atoms with Crippen molar-refractivity contribution >= 4 is 5.69 Å². The van der Waals surface area contributed by atoms with Gasteiger partial charge >= 0.3 is 0 Å². The molecule has 0 atom stereocenters. The van der Waals surface area contributed by atoms with Crippen LogP contribution in [0.15, 0.2) is 48.5 Å². The van der Waals surface area contributed by atoms with Gasteiger partial charge in [-0.05, 0) is 52.0 Å². The molecule has 0 amide bonds. The molecule has 0 unspecified atom stereocenters. The Balaban J connectivity index is 2.15. The molecule has 0 N–H and O–H groups in total. The summed E-state index contributed by atoms with van der Waals surface area (Å²) >= 11 is 0. The van der Waals surface area contributed by atoms with E-state index in [0.29, 0.717) is 6.04 Å². The second-order valence-electron chi connectivity index (χ2n) is 5.95. The van der Waals surface area contributed by atoms with E-state index in [0.717, 1.165) is 22.9 Å². The SMILES string of the molecule is CC(C)Oc1cccc(Oc2cccc(N(C)C(C)C)c2)c1. The van der Waals surface area contributed by atoms with E-state index in [-0.39, 0.29) is 6.10 Å². The molecule has 0 aliphatic carbocycles. The van der Waals surface area contributed by atoms with Gasteiger partial charge in [-0.25, -0.2) is 0 Å². The van der Waals surface area contributed by atoms with Crippen molar-refractivity contribution in [3.8, 4) is 17.2 Å². The average Bonchev–Trinajstić information content (AvgIpc) is 2.46. The van der Waals surface area contributed by atoms with Crippen molar-refractivity contribution in [1.82, 2.24) is 0 Å². The van der Waals surface area contributed by atoms with Crippen LogP contribution in [0.5, 0.6) is 17.2 Å². The van der Waals surface area contributed by atoms with Crippen LogP contribution in [0, 0.1) is 0 Å². The fourth-order valence-electron chi connectivity index (χ4n) is 2.08. The summed E-state index contributed by atoms with van der Waals surface area (Å²) < 4.78 is 11.7. The van der Waals surface area contributed by atoms with Gasteiger partial charge in [0.15, 0.2) is 0 Å². The Bertz CT molecular complexity index is 608. The number of anilines is 1. The predicted octanol–water partition coefficient (Wildman–Crippen LogP) is 5.11. The van der Waals surface area contributed by atoms with Crippen LogP contribution in [0.25, 0.3) is 0 Å². The summed E-state index contributed by atoms with van der Waals surface area (Å²) in [6, 6.07) is 16.3. The van der Waals surface area contributed by atoms with E-state index in [2.05, 4.69) is 37.9 Å². The number of rotatable bonds is 6. The van der Waals surface area contributed by atoms with E-state index in [4.69, 9.17) is 9.47 Å². The fourth-order valence-corrected chi connectivity index (χ4v) is 2.08. The summed E-state index contributed by atoms with van der Waals surface area (Å²) in [7, 11) is 2.08. The van der Waals surface area contributed by atoms with Gasteiger partial charge < -0.3 is 14.4 Å². The van der Waals surface area contributed by atoms with Crippen molar-refractivity contribution in [2.24, 2.45) is 0 Å². The Hall–Kier alpha value is -2.16. The molecule has 2 rings (SSSR count). The van der Waals surface area contributed by atoms with Crippen molar-refractivity contribution < 1.29 is 9.47 Å². The van der Waals surface area contributed by atoms with E-state index in [9.17, 15) is 0 Å². The number of hydrogen-bond acceptors (Lipinski definition) is 3. The summed E-state index contributed by atoms with van der Waals surface area (Å²) in [5.74, 6) is 2.43. The van der Waals surface area contributed by atoms with Crippen LogP contribution in [-0.2, 0) is 0 Å². The van der Waals surface area contributed by atoms with Gasteiger partial charge in [0, 0.05) is 30.9 Å². The predicted molar refractivity (Wildman–Crippen MR) is 92.3 cm³/mol. The monoisotopic (exact) mass is 299 g/mol. The Kier molecular flexibility index (Phi) is 5.31. The maximum atomic E-state index is 5.96. The van der Waals surface area contributed by atoms with Gasteiger partial charge in [0.05, 0.1) is 6.10 Å². The Morgan fingerprint density at radius 3 is 2.05 bits per heavy atom. The van der Waals surface area contributed by atoms with Crippen LogP contribution < -0.4 is 14.4 Å². The summed E-state index contributed by atoms with van der Waals surface area (Å²) in [6.45, 7) is 8.36. The van der Waals surface area contributed by atoms with Gasteiger partial charge in [-0.1, -0.05) is 12.1 Å². The number of benzene rings is 2. The first-order valence-corrected chi connectivity index (χ1v) is 7.73. The minimum Gasteiger partial charge on any atom is -0.491 e. The quantitative estimate of drug-likeness (QED) is 0.739. The number of nitrogens with zero attached hydrogens (tertiary/aromatic N) is 1. The van der Waals surface area contributed by atoms with Crippen molar-refractivity contribution in [3.63, 3.8) is 0 Å². The van der Waals surface area contributed by atoms with Crippen LogP contribution in [0.3, 0.4) is 0 Å². The highest BCUT2D eigenvalue weighted by Crippen LogP contribution is 2.28. The van der Waals surface area contributed by atoms with E-state index in [1.165, 1.54) is 0 Å². The molecule has 0 fully saturated rings.